The van der Waals surface area contributed by atoms with E-state index in [9.17, 15) is 14.4 Å². The number of esters is 1. The summed E-state index contributed by atoms with van der Waals surface area (Å²) in [6.45, 7) is 6.96. The van der Waals surface area contributed by atoms with Gasteiger partial charge in [0.1, 0.15) is 5.71 Å². The minimum atomic E-state index is -0.726. The molecular formula is C26H27N5O4. The number of carbonyl (C=O) groups is 3. The smallest absolute Gasteiger partial charge is 0.355 e. The zero-order valence-electron chi connectivity index (χ0n) is 20.2. The Balaban J connectivity index is 1.42. The van der Waals surface area contributed by atoms with E-state index in [4.69, 9.17) is 4.74 Å². The second-order valence-electron chi connectivity index (χ2n) is 8.46. The molecule has 9 nitrogen and oxygen atoms in total. The largest absolute Gasteiger partial charge is 0.451 e. The van der Waals surface area contributed by atoms with Gasteiger partial charge in [-0.2, -0.15) is 15.2 Å². The van der Waals surface area contributed by atoms with Crippen LogP contribution in [0, 0.1) is 27.7 Å². The summed E-state index contributed by atoms with van der Waals surface area (Å²) >= 11 is 0. The molecule has 0 aliphatic carbocycles. The van der Waals surface area contributed by atoms with Gasteiger partial charge >= 0.3 is 5.97 Å². The molecule has 1 aliphatic heterocycles. The van der Waals surface area contributed by atoms with Gasteiger partial charge in [-0.1, -0.05) is 30.3 Å². The third-order valence-electron chi connectivity index (χ3n) is 5.75. The van der Waals surface area contributed by atoms with Gasteiger partial charge in [0.15, 0.2) is 6.61 Å². The molecule has 180 valence electrons. The maximum atomic E-state index is 12.6. The highest BCUT2D eigenvalue weighted by Gasteiger charge is 2.28. The van der Waals surface area contributed by atoms with Crippen LogP contribution in [0.25, 0.3) is 5.69 Å². The number of ether oxygens (including phenoxy) is 1. The first-order valence-electron chi connectivity index (χ1n) is 11.3. The number of hydrazone groups is 1. The van der Waals surface area contributed by atoms with Crippen LogP contribution in [0.5, 0.6) is 0 Å². The number of amides is 2. The summed E-state index contributed by atoms with van der Waals surface area (Å²) < 4.78 is 6.96. The van der Waals surface area contributed by atoms with E-state index in [0.29, 0.717) is 17.1 Å². The molecule has 0 saturated heterocycles. The highest BCUT2D eigenvalue weighted by atomic mass is 16.5. The predicted molar refractivity (Wildman–Crippen MR) is 133 cm³/mol. The highest BCUT2D eigenvalue weighted by molar-refractivity contribution is 6.38. The van der Waals surface area contributed by atoms with Crippen LogP contribution in [0.2, 0.25) is 0 Å². The SMILES string of the molecule is Cc1ccc(C)c(N2N=C(C(=O)OCC(=O)Nc3c(C)nn(-c4ccccc4)c3C)CCC2=O)c1. The third-order valence-corrected chi connectivity index (χ3v) is 5.75. The van der Waals surface area contributed by atoms with Crippen molar-refractivity contribution < 1.29 is 19.1 Å². The summed E-state index contributed by atoms with van der Waals surface area (Å²) in [6, 6.07) is 15.3. The molecule has 0 unspecified atom stereocenters. The number of rotatable bonds is 6. The number of nitrogens with zero attached hydrogens (tertiary/aromatic N) is 4. The molecule has 1 aliphatic rings. The van der Waals surface area contributed by atoms with E-state index in [2.05, 4.69) is 15.5 Å². The van der Waals surface area contributed by atoms with Crippen LogP contribution < -0.4 is 10.3 Å². The topological polar surface area (TPSA) is 106 Å². The Morgan fingerprint density at radius 1 is 1.03 bits per heavy atom. The predicted octanol–water partition coefficient (Wildman–Crippen LogP) is 3.77. The lowest BCUT2D eigenvalue weighted by Gasteiger charge is -2.24. The van der Waals surface area contributed by atoms with Crippen molar-refractivity contribution >= 4 is 34.9 Å². The van der Waals surface area contributed by atoms with Crippen LogP contribution in [0.3, 0.4) is 0 Å². The van der Waals surface area contributed by atoms with Crippen LogP contribution >= 0.6 is 0 Å². The number of carbonyl (C=O) groups excluding carboxylic acids is 3. The summed E-state index contributed by atoms with van der Waals surface area (Å²) in [4.78, 5) is 37.6. The first kappa shape index (κ1) is 23.9. The first-order chi connectivity index (χ1) is 16.7. The third kappa shape index (κ3) is 5.13. The van der Waals surface area contributed by atoms with Gasteiger partial charge in [0, 0.05) is 12.8 Å². The fourth-order valence-corrected chi connectivity index (χ4v) is 3.87. The van der Waals surface area contributed by atoms with Gasteiger partial charge in [0.2, 0.25) is 5.91 Å². The molecule has 0 bridgehead atoms. The van der Waals surface area contributed by atoms with Crippen LogP contribution in [-0.2, 0) is 19.1 Å². The second kappa shape index (κ2) is 9.92. The number of hydrogen-bond donors (Lipinski definition) is 1. The molecule has 2 heterocycles. The van der Waals surface area contributed by atoms with Crippen LogP contribution in [0.1, 0.15) is 35.4 Å². The molecule has 0 spiro atoms. The van der Waals surface area contributed by atoms with E-state index < -0.39 is 18.5 Å². The van der Waals surface area contributed by atoms with Gasteiger partial charge < -0.3 is 10.1 Å². The molecule has 2 amide bonds. The molecule has 0 radical (unpaired) electrons. The Hall–Kier alpha value is -4.27. The molecule has 9 heteroatoms. The number of para-hydroxylation sites is 1. The Morgan fingerprint density at radius 3 is 2.51 bits per heavy atom. The number of hydrogen-bond acceptors (Lipinski definition) is 6. The van der Waals surface area contributed by atoms with E-state index in [1.807, 2.05) is 69.3 Å². The maximum absolute atomic E-state index is 12.6. The minimum absolute atomic E-state index is 0.0996. The Kier molecular flexibility index (Phi) is 6.77. The number of benzene rings is 2. The molecule has 0 atom stereocenters. The molecule has 35 heavy (non-hydrogen) atoms. The number of aromatic nitrogens is 2. The van der Waals surface area contributed by atoms with Gasteiger partial charge in [-0.05, 0) is 57.0 Å². The molecule has 1 N–H and O–H groups in total. The van der Waals surface area contributed by atoms with Gasteiger partial charge in [-0.3, -0.25) is 9.59 Å². The summed E-state index contributed by atoms with van der Waals surface area (Å²) in [5.41, 5.74) is 5.40. The lowest BCUT2D eigenvalue weighted by molar-refractivity contribution is -0.140. The van der Waals surface area contributed by atoms with Crippen molar-refractivity contribution in [3.05, 3.63) is 71.0 Å². The molecule has 4 rings (SSSR count). The van der Waals surface area contributed by atoms with Crippen LogP contribution in [0.4, 0.5) is 11.4 Å². The van der Waals surface area contributed by atoms with Crippen molar-refractivity contribution in [2.75, 3.05) is 16.9 Å². The molecule has 0 saturated carbocycles. The van der Waals surface area contributed by atoms with Gasteiger partial charge in [0.05, 0.1) is 28.5 Å². The summed E-state index contributed by atoms with van der Waals surface area (Å²) in [5, 5.41) is 12.8. The molecule has 1 aromatic heterocycles. The average Bonchev–Trinajstić information content (AvgIpc) is 3.13. The first-order valence-corrected chi connectivity index (χ1v) is 11.3. The van der Waals surface area contributed by atoms with Crippen molar-refractivity contribution in [3.63, 3.8) is 0 Å². The Labute approximate surface area is 203 Å². The zero-order valence-corrected chi connectivity index (χ0v) is 20.2. The van der Waals surface area contributed by atoms with Crippen LogP contribution in [-0.4, -0.2) is 39.9 Å². The molecule has 3 aromatic rings. The number of aryl methyl sites for hydroxylation is 3. The van der Waals surface area contributed by atoms with Crippen molar-refractivity contribution in [2.45, 2.75) is 40.5 Å². The van der Waals surface area contributed by atoms with Gasteiger partial charge in [-0.15, -0.1) is 0 Å². The van der Waals surface area contributed by atoms with Crippen LogP contribution in [0.15, 0.2) is 53.6 Å². The fourth-order valence-electron chi connectivity index (χ4n) is 3.87. The number of nitrogens with one attached hydrogen (secondary N) is 1. The monoisotopic (exact) mass is 473 g/mol. The minimum Gasteiger partial charge on any atom is -0.451 e. The molecule has 2 aromatic carbocycles. The average molecular weight is 474 g/mol. The Morgan fingerprint density at radius 2 is 1.77 bits per heavy atom. The van der Waals surface area contributed by atoms with E-state index in [1.165, 1.54) is 5.01 Å². The van der Waals surface area contributed by atoms with Gasteiger partial charge in [0.25, 0.3) is 5.91 Å². The van der Waals surface area contributed by atoms with Crippen molar-refractivity contribution in [1.29, 1.82) is 0 Å². The summed E-state index contributed by atoms with van der Waals surface area (Å²) in [5.74, 6) is -1.42. The summed E-state index contributed by atoms with van der Waals surface area (Å²) in [7, 11) is 0. The zero-order chi connectivity index (χ0) is 25.1. The standard InChI is InChI=1S/C26H27N5O4/c1-16-10-11-17(2)22(14-16)31-24(33)13-12-21(29-31)26(34)35-15-23(32)27-25-18(3)28-30(19(25)4)20-8-6-5-7-9-20/h5-11,14H,12-13,15H2,1-4H3,(H,27,32). The normalized spacial score (nSPS) is 13.4. The lowest BCUT2D eigenvalue weighted by Crippen LogP contribution is -2.36. The Bertz CT molecular complexity index is 1330. The summed E-state index contributed by atoms with van der Waals surface area (Å²) in [6.07, 6.45) is 0.285. The molecule has 0 fully saturated rings. The highest BCUT2D eigenvalue weighted by Crippen LogP contribution is 2.26. The second-order valence-corrected chi connectivity index (χ2v) is 8.46. The quantitative estimate of drug-likeness (QED) is 0.549. The lowest BCUT2D eigenvalue weighted by atomic mass is 10.1. The fraction of sp³-hybridized carbons (Fsp3) is 0.269. The van der Waals surface area contributed by atoms with Gasteiger partial charge in [-0.25, -0.2) is 9.48 Å². The van der Waals surface area contributed by atoms with Crippen molar-refractivity contribution in [2.24, 2.45) is 5.10 Å². The van der Waals surface area contributed by atoms with E-state index in [1.54, 1.807) is 11.6 Å². The van der Waals surface area contributed by atoms with E-state index in [-0.39, 0.29) is 24.5 Å². The number of anilines is 2. The van der Waals surface area contributed by atoms with Crippen molar-refractivity contribution in [3.8, 4) is 5.69 Å². The maximum Gasteiger partial charge on any atom is 0.355 e. The van der Waals surface area contributed by atoms with E-state index >= 15 is 0 Å². The van der Waals surface area contributed by atoms with Crippen molar-refractivity contribution in [1.82, 2.24) is 9.78 Å². The molecular weight excluding hydrogens is 446 g/mol. The van der Waals surface area contributed by atoms with E-state index in [0.717, 1.165) is 22.5 Å².